The summed E-state index contributed by atoms with van der Waals surface area (Å²) in [6.07, 6.45) is 0.731. The van der Waals surface area contributed by atoms with Crippen LogP contribution in [0.15, 0.2) is 42.5 Å². The summed E-state index contributed by atoms with van der Waals surface area (Å²) >= 11 is 0. The van der Waals surface area contributed by atoms with Gasteiger partial charge < -0.3 is 15.2 Å². The third-order valence-corrected chi connectivity index (χ3v) is 3.59. The van der Waals surface area contributed by atoms with Crippen LogP contribution in [0.25, 0.3) is 0 Å². The molecule has 0 aliphatic heterocycles. The predicted molar refractivity (Wildman–Crippen MR) is 81.4 cm³/mol. The van der Waals surface area contributed by atoms with E-state index < -0.39 is 0 Å². The second-order valence-electron chi connectivity index (χ2n) is 4.87. The number of methoxy groups -OCH3 is 2. The minimum absolute atomic E-state index is 0.118. The molecule has 0 aliphatic carbocycles. The van der Waals surface area contributed by atoms with Crippen LogP contribution in [0.5, 0.6) is 11.5 Å². The lowest BCUT2D eigenvalue weighted by atomic mass is 9.91. The Bertz CT molecular complexity index is 584. The summed E-state index contributed by atoms with van der Waals surface area (Å²) in [6.45, 7) is 0.487. The molecule has 0 fully saturated rings. The Labute approximate surface area is 124 Å². The van der Waals surface area contributed by atoms with Crippen molar-refractivity contribution < 1.29 is 13.9 Å². The van der Waals surface area contributed by atoms with Gasteiger partial charge in [0.05, 0.1) is 14.2 Å². The molecule has 0 aromatic heterocycles. The first kappa shape index (κ1) is 15.3. The number of hydrogen-bond donors (Lipinski definition) is 1. The van der Waals surface area contributed by atoms with Gasteiger partial charge in [-0.15, -0.1) is 0 Å². The minimum atomic E-state index is -0.239. The fourth-order valence-electron chi connectivity index (χ4n) is 2.36. The molecule has 0 spiro atoms. The molecular weight excluding hydrogens is 269 g/mol. The van der Waals surface area contributed by atoms with Crippen LogP contribution in [0, 0.1) is 5.82 Å². The first-order valence-electron chi connectivity index (χ1n) is 6.84. The van der Waals surface area contributed by atoms with Crippen molar-refractivity contribution in [1.82, 2.24) is 0 Å². The summed E-state index contributed by atoms with van der Waals surface area (Å²) in [7, 11) is 3.25. The third-order valence-electron chi connectivity index (χ3n) is 3.59. The maximum Gasteiger partial charge on any atom is 0.125 e. The fraction of sp³-hybridized carbons (Fsp3) is 0.294. The Morgan fingerprint density at radius 1 is 1.05 bits per heavy atom. The van der Waals surface area contributed by atoms with Gasteiger partial charge in [0.15, 0.2) is 0 Å². The second kappa shape index (κ2) is 7.09. The van der Waals surface area contributed by atoms with Gasteiger partial charge in [0.2, 0.25) is 0 Å². The zero-order valence-corrected chi connectivity index (χ0v) is 12.3. The Hall–Kier alpha value is -2.07. The highest BCUT2D eigenvalue weighted by molar-refractivity contribution is 5.42. The number of ether oxygens (including phenoxy) is 2. The Morgan fingerprint density at radius 2 is 1.76 bits per heavy atom. The first-order valence-corrected chi connectivity index (χ1v) is 6.84. The molecule has 21 heavy (non-hydrogen) atoms. The van der Waals surface area contributed by atoms with Crippen LogP contribution in [-0.4, -0.2) is 20.8 Å². The van der Waals surface area contributed by atoms with Crippen molar-refractivity contribution in [3.63, 3.8) is 0 Å². The molecule has 2 rings (SSSR count). The van der Waals surface area contributed by atoms with E-state index in [1.165, 1.54) is 12.1 Å². The van der Waals surface area contributed by atoms with Crippen LogP contribution in [0.1, 0.15) is 17.0 Å². The van der Waals surface area contributed by atoms with Gasteiger partial charge in [0.25, 0.3) is 0 Å². The zero-order chi connectivity index (χ0) is 15.2. The van der Waals surface area contributed by atoms with E-state index in [4.69, 9.17) is 15.2 Å². The summed E-state index contributed by atoms with van der Waals surface area (Å²) < 4.78 is 23.6. The zero-order valence-electron chi connectivity index (χ0n) is 12.3. The smallest absolute Gasteiger partial charge is 0.125 e. The molecule has 0 aliphatic rings. The van der Waals surface area contributed by atoms with Crippen molar-refractivity contribution in [2.24, 2.45) is 5.73 Å². The number of nitrogens with two attached hydrogens (primary N) is 1. The SMILES string of the molecule is COc1ccc(CC(CN)c2ccc(F)cc2)c(OC)c1. The van der Waals surface area contributed by atoms with Crippen molar-refractivity contribution in [2.75, 3.05) is 20.8 Å². The Morgan fingerprint density at radius 3 is 2.33 bits per heavy atom. The van der Waals surface area contributed by atoms with Crippen LogP contribution in [0.3, 0.4) is 0 Å². The largest absolute Gasteiger partial charge is 0.497 e. The standard InChI is InChI=1S/C17H20FNO2/c1-20-16-8-5-13(17(10-16)21-2)9-14(11-19)12-3-6-15(18)7-4-12/h3-8,10,14H,9,11,19H2,1-2H3. The van der Waals surface area contributed by atoms with Gasteiger partial charge in [-0.2, -0.15) is 0 Å². The van der Waals surface area contributed by atoms with Crippen LogP contribution >= 0.6 is 0 Å². The van der Waals surface area contributed by atoms with E-state index in [9.17, 15) is 4.39 Å². The summed E-state index contributed by atoms with van der Waals surface area (Å²) in [5.41, 5.74) is 7.96. The molecule has 2 aromatic rings. The molecule has 1 unspecified atom stereocenters. The van der Waals surface area contributed by atoms with E-state index in [-0.39, 0.29) is 11.7 Å². The number of halogens is 1. The maximum atomic E-state index is 13.0. The topological polar surface area (TPSA) is 44.5 Å². The Balaban J connectivity index is 2.24. The molecule has 0 saturated heterocycles. The number of rotatable bonds is 6. The summed E-state index contributed by atoms with van der Waals surface area (Å²) in [4.78, 5) is 0. The van der Waals surface area contributed by atoms with E-state index in [0.717, 1.165) is 29.0 Å². The average Bonchev–Trinajstić information content (AvgIpc) is 2.53. The second-order valence-corrected chi connectivity index (χ2v) is 4.87. The molecular formula is C17H20FNO2. The Kier molecular flexibility index (Phi) is 5.17. The number of benzene rings is 2. The van der Waals surface area contributed by atoms with Gasteiger partial charge in [0, 0.05) is 12.0 Å². The van der Waals surface area contributed by atoms with Gasteiger partial charge in [0.1, 0.15) is 17.3 Å². The molecule has 3 nitrogen and oxygen atoms in total. The number of hydrogen-bond acceptors (Lipinski definition) is 3. The minimum Gasteiger partial charge on any atom is -0.497 e. The van der Waals surface area contributed by atoms with E-state index in [1.54, 1.807) is 26.4 Å². The fourth-order valence-corrected chi connectivity index (χ4v) is 2.36. The maximum absolute atomic E-state index is 13.0. The summed E-state index contributed by atoms with van der Waals surface area (Å²) in [5.74, 6) is 1.40. The quantitative estimate of drug-likeness (QED) is 0.888. The van der Waals surface area contributed by atoms with Gasteiger partial charge in [-0.25, -0.2) is 4.39 Å². The van der Waals surface area contributed by atoms with Crippen LogP contribution < -0.4 is 15.2 Å². The van der Waals surface area contributed by atoms with Crippen molar-refractivity contribution >= 4 is 0 Å². The molecule has 0 heterocycles. The lowest BCUT2D eigenvalue weighted by molar-refractivity contribution is 0.390. The van der Waals surface area contributed by atoms with E-state index in [2.05, 4.69) is 0 Å². The molecule has 4 heteroatoms. The van der Waals surface area contributed by atoms with E-state index >= 15 is 0 Å². The highest BCUT2D eigenvalue weighted by atomic mass is 19.1. The summed E-state index contributed by atoms with van der Waals surface area (Å²) in [6, 6.07) is 12.2. The molecule has 0 radical (unpaired) electrons. The molecule has 0 amide bonds. The molecule has 2 aromatic carbocycles. The van der Waals surface area contributed by atoms with Gasteiger partial charge in [-0.1, -0.05) is 18.2 Å². The highest BCUT2D eigenvalue weighted by Crippen LogP contribution is 2.29. The monoisotopic (exact) mass is 289 g/mol. The van der Waals surface area contributed by atoms with Crippen molar-refractivity contribution in [3.8, 4) is 11.5 Å². The highest BCUT2D eigenvalue weighted by Gasteiger charge is 2.14. The predicted octanol–water partition coefficient (Wildman–Crippen LogP) is 3.13. The third kappa shape index (κ3) is 3.73. The first-order chi connectivity index (χ1) is 10.2. The van der Waals surface area contributed by atoms with Gasteiger partial charge in [-0.3, -0.25) is 0 Å². The van der Waals surface area contributed by atoms with Gasteiger partial charge >= 0.3 is 0 Å². The van der Waals surface area contributed by atoms with Crippen LogP contribution in [-0.2, 0) is 6.42 Å². The van der Waals surface area contributed by atoms with Gasteiger partial charge in [-0.05, 0) is 42.3 Å². The summed E-state index contributed by atoms with van der Waals surface area (Å²) in [5, 5.41) is 0. The lowest BCUT2D eigenvalue weighted by Crippen LogP contribution is -2.15. The van der Waals surface area contributed by atoms with Crippen molar-refractivity contribution in [2.45, 2.75) is 12.3 Å². The molecule has 1 atom stereocenters. The normalized spacial score (nSPS) is 12.0. The molecule has 0 bridgehead atoms. The van der Waals surface area contributed by atoms with Crippen LogP contribution in [0.4, 0.5) is 4.39 Å². The van der Waals surface area contributed by atoms with Crippen molar-refractivity contribution in [1.29, 1.82) is 0 Å². The van der Waals surface area contributed by atoms with E-state index in [1.807, 2.05) is 18.2 Å². The molecule has 112 valence electrons. The molecule has 2 N–H and O–H groups in total. The average molecular weight is 289 g/mol. The molecule has 0 saturated carbocycles. The van der Waals surface area contributed by atoms with E-state index in [0.29, 0.717) is 6.54 Å². The van der Waals surface area contributed by atoms with Crippen molar-refractivity contribution in [3.05, 3.63) is 59.4 Å². The van der Waals surface area contributed by atoms with Crippen LogP contribution in [0.2, 0.25) is 0 Å². The lowest BCUT2D eigenvalue weighted by Gasteiger charge is -2.17.